The molecule has 0 saturated heterocycles. The molecule has 0 fully saturated rings. The lowest BCUT2D eigenvalue weighted by Crippen LogP contribution is -2.29. The van der Waals surface area contributed by atoms with E-state index in [0.29, 0.717) is 0 Å². The average Bonchev–Trinajstić information content (AvgIpc) is 2.35. The molecule has 1 aromatic rings. The van der Waals surface area contributed by atoms with Gasteiger partial charge in [0, 0.05) is 6.54 Å². The van der Waals surface area contributed by atoms with E-state index in [1.54, 1.807) is 0 Å². The highest BCUT2D eigenvalue weighted by Gasteiger charge is 2.29. The van der Waals surface area contributed by atoms with Gasteiger partial charge in [0.15, 0.2) is 4.90 Å². The van der Waals surface area contributed by atoms with E-state index in [9.17, 15) is 22.9 Å². The van der Waals surface area contributed by atoms with Crippen LogP contribution in [0.1, 0.15) is 20.3 Å². The van der Waals surface area contributed by atoms with Crippen molar-refractivity contribution in [2.75, 3.05) is 6.54 Å². The summed E-state index contributed by atoms with van der Waals surface area (Å²) < 4.78 is 39.5. The molecule has 1 aromatic carbocycles. The third-order valence-electron chi connectivity index (χ3n) is 2.74. The summed E-state index contributed by atoms with van der Waals surface area (Å²) >= 11 is 0. The van der Waals surface area contributed by atoms with Crippen LogP contribution < -0.4 is 4.72 Å². The molecule has 0 aromatic heterocycles. The van der Waals surface area contributed by atoms with Gasteiger partial charge in [-0.05, 0) is 18.1 Å². The molecule has 6 nitrogen and oxygen atoms in total. The van der Waals surface area contributed by atoms with Crippen LogP contribution in [0.25, 0.3) is 0 Å². The summed E-state index contributed by atoms with van der Waals surface area (Å²) in [5.41, 5.74) is -1.03. The van der Waals surface area contributed by atoms with Crippen LogP contribution in [-0.4, -0.2) is 19.9 Å². The highest BCUT2D eigenvalue weighted by Crippen LogP contribution is 2.26. The molecule has 0 heterocycles. The second-order valence-electron chi connectivity index (χ2n) is 4.21. The topological polar surface area (TPSA) is 89.3 Å². The molecule has 1 unspecified atom stereocenters. The summed E-state index contributed by atoms with van der Waals surface area (Å²) in [7, 11) is -4.10. The molecule has 1 N–H and O–H groups in total. The maximum absolute atomic E-state index is 13.4. The number of para-hydroxylation sites is 1. The van der Waals surface area contributed by atoms with E-state index in [1.165, 1.54) is 0 Å². The molecule has 0 bridgehead atoms. The van der Waals surface area contributed by atoms with E-state index in [0.717, 1.165) is 24.6 Å². The summed E-state index contributed by atoms with van der Waals surface area (Å²) in [6, 6.07) is 2.99. The molecule has 19 heavy (non-hydrogen) atoms. The van der Waals surface area contributed by atoms with E-state index in [1.807, 2.05) is 13.8 Å². The van der Waals surface area contributed by atoms with Crippen LogP contribution in [0, 0.1) is 21.8 Å². The van der Waals surface area contributed by atoms with Crippen LogP contribution in [-0.2, 0) is 10.0 Å². The Morgan fingerprint density at radius 3 is 2.63 bits per heavy atom. The van der Waals surface area contributed by atoms with Gasteiger partial charge in [0.2, 0.25) is 15.8 Å². The van der Waals surface area contributed by atoms with Gasteiger partial charge in [0.05, 0.1) is 4.92 Å². The second-order valence-corrected chi connectivity index (χ2v) is 5.94. The fraction of sp³-hybridized carbons (Fsp3) is 0.455. The van der Waals surface area contributed by atoms with Crippen molar-refractivity contribution in [2.24, 2.45) is 5.92 Å². The molecule has 0 aliphatic heterocycles. The molecule has 0 aliphatic carbocycles. The number of nitrogens with one attached hydrogen (secondary N) is 1. The van der Waals surface area contributed by atoms with Crippen molar-refractivity contribution in [3.63, 3.8) is 0 Å². The first-order chi connectivity index (χ1) is 8.79. The SMILES string of the molecule is CCC(C)CNS(=O)(=O)c1cccc(F)c1[N+](=O)[O-]. The Kier molecular flexibility index (Phi) is 4.96. The summed E-state index contributed by atoms with van der Waals surface area (Å²) in [6.45, 7) is 3.87. The summed E-state index contributed by atoms with van der Waals surface area (Å²) in [5.74, 6) is -1.08. The highest BCUT2D eigenvalue weighted by atomic mass is 32.2. The lowest BCUT2D eigenvalue weighted by molar-refractivity contribution is -0.390. The van der Waals surface area contributed by atoms with Crippen molar-refractivity contribution < 1.29 is 17.7 Å². The molecular weight excluding hydrogens is 275 g/mol. The lowest BCUT2D eigenvalue weighted by atomic mass is 10.1. The molecular formula is C11H15FN2O4S. The predicted octanol–water partition coefficient (Wildman–Crippen LogP) is 2.06. The standard InChI is InChI=1S/C11H15FN2O4S/c1-3-8(2)7-13-19(17,18)10-6-4-5-9(12)11(10)14(15)16/h4-6,8,13H,3,7H2,1-2H3. The van der Waals surface area contributed by atoms with E-state index in [2.05, 4.69) is 4.72 Å². The number of benzene rings is 1. The zero-order valence-electron chi connectivity index (χ0n) is 10.6. The molecule has 1 atom stereocenters. The number of nitro benzene ring substituents is 1. The number of hydrogen-bond donors (Lipinski definition) is 1. The predicted molar refractivity (Wildman–Crippen MR) is 67.7 cm³/mol. The number of nitro groups is 1. The van der Waals surface area contributed by atoms with Crippen LogP contribution in [0.5, 0.6) is 0 Å². The van der Waals surface area contributed by atoms with Gasteiger partial charge in [-0.3, -0.25) is 10.1 Å². The zero-order valence-corrected chi connectivity index (χ0v) is 11.4. The van der Waals surface area contributed by atoms with Crippen molar-refractivity contribution in [3.8, 4) is 0 Å². The Morgan fingerprint density at radius 2 is 2.11 bits per heavy atom. The average molecular weight is 290 g/mol. The molecule has 1 rings (SSSR count). The fourth-order valence-corrected chi connectivity index (χ4v) is 2.71. The minimum Gasteiger partial charge on any atom is -0.258 e. The van der Waals surface area contributed by atoms with Gasteiger partial charge in [-0.2, -0.15) is 4.39 Å². The molecule has 0 amide bonds. The Balaban J connectivity index is 3.15. The number of hydrogen-bond acceptors (Lipinski definition) is 4. The number of sulfonamides is 1. The zero-order chi connectivity index (χ0) is 14.6. The first-order valence-electron chi connectivity index (χ1n) is 5.72. The molecule has 0 aliphatic rings. The quantitative estimate of drug-likeness (QED) is 0.641. The smallest absolute Gasteiger partial charge is 0.258 e. The van der Waals surface area contributed by atoms with Crippen molar-refractivity contribution in [2.45, 2.75) is 25.2 Å². The van der Waals surface area contributed by atoms with Crippen molar-refractivity contribution in [3.05, 3.63) is 34.1 Å². The maximum atomic E-state index is 13.4. The molecule has 0 radical (unpaired) electrons. The molecule has 8 heteroatoms. The van der Waals surface area contributed by atoms with Crippen LogP contribution in [0.3, 0.4) is 0 Å². The van der Waals surface area contributed by atoms with Crippen molar-refractivity contribution >= 4 is 15.7 Å². The minimum absolute atomic E-state index is 0.0855. The fourth-order valence-electron chi connectivity index (χ4n) is 1.36. The minimum atomic E-state index is -4.10. The third-order valence-corrected chi connectivity index (χ3v) is 4.20. The maximum Gasteiger partial charge on any atom is 0.324 e. The van der Waals surface area contributed by atoms with Gasteiger partial charge in [-0.25, -0.2) is 13.1 Å². The number of rotatable bonds is 6. The third kappa shape index (κ3) is 3.71. The summed E-state index contributed by atoms with van der Waals surface area (Å²) in [6.07, 6.45) is 0.758. The lowest BCUT2D eigenvalue weighted by Gasteiger charge is -2.11. The number of nitrogens with zero attached hydrogens (tertiary/aromatic N) is 1. The van der Waals surface area contributed by atoms with Crippen LogP contribution >= 0.6 is 0 Å². The Bertz CT molecular complexity index is 574. The highest BCUT2D eigenvalue weighted by molar-refractivity contribution is 7.89. The summed E-state index contributed by atoms with van der Waals surface area (Å²) in [4.78, 5) is 9.07. The van der Waals surface area contributed by atoms with Gasteiger partial charge in [-0.15, -0.1) is 0 Å². The molecule has 0 saturated carbocycles. The monoisotopic (exact) mass is 290 g/mol. The Hall–Kier alpha value is -1.54. The van der Waals surface area contributed by atoms with E-state index in [4.69, 9.17) is 0 Å². The van der Waals surface area contributed by atoms with Gasteiger partial charge >= 0.3 is 5.69 Å². The van der Waals surface area contributed by atoms with E-state index >= 15 is 0 Å². The van der Waals surface area contributed by atoms with E-state index in [-0.39, 0.29) is 12.5 Å². The molecule has 106 valence electrons. The second kappa shape index (κ2) is 6.07. The van der Waals surface area contributed by atoms with Crippen molar-refractivity contribution in [1.29, 1.82) is 0 Å². The normalized spacial score (nSPS) is 13.2. The first-order valence-corrected chi connectivity index (χ1v) is 7.20. The van der Waals surface area contributed by atoms with Crippen LogP contribution in [0.15, 0.2) is 23.1 Å². The largest absolute Gasteiger partial charge is 0.324 e. The van der Waals surface area contributed by atoms with Crippen molar-refractivity contribution in [1.82, 2.24) is 4.72 Å². The van der Waals surface area contributed by atoms with Gasteiger partial charge in [0.25, 0.3) is 0 Å². The van der Waals surface area contributed by atoms with Crippen LogP contribution in [0.2, 0.25) is 0 Å². The summed E-state index contributed by atoms with van der Waals surface area (Å²) in [5, 5.41) is 10.8. The van der Waals surface area contributed by atoms with Gasteiger partial charge in [-0.1, -0.05) is 26.3 Å². The Labute approximate surface area is 110 Å². The van der Waals surface area contributed by atoms with Gasteiger partial charge < -0.3 is 0 Å². The Morgan fingerprint density at radius 1 is 1.47 bits per heavy atom. The first kappa shape index (κ1) is 15.5. The molecule has 0 spiro atoms. The number of halogens is 1. The van der Waals surface area contributed by atoms with Crippen LogP contribution in [0.4, 0.5) is 10.1 Å². The van der Waals surface area contributed by atoms with E-state index < -0.39 is 31.3 Å². The van der Waals surface area contributed by atoms with Gasteiger partial charge in [0.1, 0.15) is 0 Å².